The summed E-state index contributed by atoms with van der Waals surface area (Å²) in [6.45, 7) is 4.13. The van der Waals surface area contributed by atoms with Crippen molar-refractivity contribution in [2.75, 3.05) is 12.0 Å². The standard InChI is InChI=1S/C27H25ClN4O2S/c1-16-14-19(17(2)31(16)22-15-18(28)11-12-24(22)34-3)26-25(20-8-6-7-13-29-20)30-27(35)32(26)21-9-4-5-10-23(21)33/h4-15,25-26,33H,1-3H3,(H,30,35). The van der Waals surface area contributed by atoms with Crippen molar-refractivity contribution in [2.45, 2.75) is 25.9 Å². The largest absolute Gasteiger partial charge is 0.506 e. The predicted molar refractivity (Wildman–Crippen MR) is 143 cm³/mol. The van der Waals surface area contributed by atoms with Gasteiger partial charge in [-0.25, -0.2) is 0 Å². The molecule has 1 fully saturated rings. The molecule has 2 aromatic heterocycles. The van der Waals surface area contributed by atoms with Gasteiger partial charge in [0.05, 0.1) is 36.3 Å². The van der Waals surface area contributed by atoms with Gasteiger partial charge in [-0.3, -0.25) is 4.98 Å². The number of benzene rings is 2. The SMILES string of the molecule is COc1ccc(Cl)cc1-n1c(C)cc(C2C(c3ccccn3)NC(=S)N2c2ccccc2O)c1C. The Balaban J connectivity index is 1.72. The van der Waals surface area contributed by atoms with Gasteiger partial charge in [-0.05, 0) is 80.2 Å². The number of para-hydroxylation sites is 2. The molecule has 2 unspecified atom stereocenters. The van der Waals surface area contributed by atoms with Crippen molar-refractivity contribution in [3.63, 3.8) is 0 Å². The van der Waals surface area contributed by atoms with Gasteiger partial charge in [-0.15, -0.1) is 0 Å². The lowest BCUT2D eigenvalue weighted by Gasteiger charge is -2.28. The van der Waals surface area contributed by atoms with Gasteiger partial charge in [0.25, 0.3) is 0 Å². The maximum Gasteiger partial charge on any atom is 0.174 e. The Morgan fingerprint density at radius 2 is 1.80 bits per heavy atom. The number of ether oxygens (including phenoxy) is 1. The lowest BCUT2D eigenvalue weighted by atomic mass is 9.96. The molecule has 2 aromatic carbocycles. The van der Waals surface area contributed by atoms with Crippen LogP contribution in [0.2, 0.25) is 5.02 Å². The van der Waals surface area contributed by atoms with E-state index in [4.69, 9.17) is 28.6 Å². The molecule has 2 atom stereocenters. The molecule has 4 aromatic rings. The van der Waals surface area contributed by atoms with E-state index in [1.807, 2.05) is 53.4 Å². The summed E-state index contributed by atoms with van der Waals surface area (Å²) in [5.41, 5.74) is 5.45. The van der Waals surface area contributed by atoms with Crippen LogP contribution < -0.4 is 15.0 Å². The van der Waals surface area contributed by atoms with Gasteiger partial charge < -0.3 is 24.6 Å². The summed E-state index contributed by atoms with van der Waals surface area (Å²) in [4.78, 5) is 6.60. The quantitative estimate of drug-likeness (QED) is 0.323. The van der Waals surface area contributed by atoms with Crippen LogP contribution in [0.1, 0.15) is 34.7 Å². The highest BCUT2D eigenvalue weighted by molar-refractivity contribution is 7.80. The maximum absolute atomic E-state index is 10.7. The number of nitrogens with one attached hydrogen (secondary N) is 1. The molecule has 2 N–H and O–H groups in total. The molecule has 0 aliphatic carbocycles. The summed E-state index contributed by atoms with van der Waals surface area (Å²) in [6.07, 6.45) is 1.78. The molecule has 8 heteroatoms. The second-order valence-corrected chi connectivity index (χ2v) is 9.29. The van der Waals surface area contributed by atoms with E-state index in [0.717, 1.165) is 34.1 Å². The summed E-state index contributed by atoms with van der Waals surface area (Å²) in [5, 5.41) is 15.3. The third kappa shape index (κ3) is 4.00. The van der Waals surface area contributed by atoms with Gasteiger partial charge in [0.2, 0.25) is 0 Å². The highest BCUT2D eigenvalue weighted by Crippen LogP contribution is 2.46. The molecule has 1 aliphatic heterocycles. The van der Waals surface area contributed by atoms with Gasteiger partial charge in [0.15, 0.2) is 5.11 Å². The number of phenols is 1. The minimum absolute atomic E-state index is 0.161. The number of aromatic nitrogens is 2. The lowest BCUT2D eigenvalue weighted by Crippen LogP contribution is -2.29. The number of hydrogen-bond donors (Lipinski definition) is 2. The molecular formula is C27H25ClN4O2S. The molecular weight excluding hydrogens is 480 g/mol. The van der Waals surface area contributed by atoms with Crippen LogP contribution in [0.5, 0.6) is 11.5 Å². The van der Waals surface area contributed by atoms with Crippen LogP contribution in [-0.4, -0.2) is 26.9 Å². The van der Waals surface area contributed by atoms with E-state index >= 15 is 0 Å². The van der Waals surface area contributed by atoms with Crippen molar-refractivity contribution >= 4 is 34.6 Å². The predicted octanol–water partition coefficient (Wildman–Crippen LogP) is 6.03. The lowest BCUT2D eigenvalue weighted by molar-refractivity contribution is 0.412. The third-order valence-corrected chi connectivity index (χ3v) is 6.96. The molecule has 5 rings (SSSR count). The highest BCUT2D eigenvalue weighted by atomic mass is 35.5. The van der Waals surface area contributed by atoms with Crippen LogP contribution in [-0.2, 0) is 0 Å². The number of methoxy groups -OCH3 is 1. The number of thiocarbonyl (C=S) groups is 1. The van der Waals surface area contributed by atoms with Gasteiger partial charge in [-0.2, -0.15) is 0 Å². The number of pyridine rings is 1. The van der Waals surface area contributed by atoms with E-state index in [9.17, 15) is 5.11 Å². The first-order valence-electron chi connectivity index (χ1n) is 11.2. The van der Waals surface area contributed by atoms with E-state index in [0.29, 0.717) is 15.8 Å². The van der Waals surface area contributed by atoms with Crippen LogP contribution in [0.3, 0.4) is 0 Å². The molecule has 35 heavy (non-hydrogen) atoms. The first-order chi connectivity index (χ1) is 16.9. The fourth-order valence-electron chi connectivity index (χ4n) is 4.89. The number of aromatic hydroxyl groups is 1. The van der Waals surface area contributed by atoms with Crippen LogP contribution in [0.15, 0.2) is 72.9 Å². The Labute approximate surface area is 214 Å². The molecule has 1 aliphatic rings. The van der Waals surface area contributed by atoms with E-state index < -0.39 is 0 Å². The molecule has 0 bridgehead atoms. The molecule has 0 radical (unpaired) electrons. The summed E-state index contributed by atoms with van der Waals surface area (Å²) in [6, 6.07) is 20.3. The second kappa shape index (κ2) is 9.24. The number of anilines is 1. The highest BCUT2D eigenvalue weighted by Gasteiger charge is 2.43. The molecule has 0 saturated carbocycles. The Morgan fingerprint density at radius 3 is 2.51 bits per heavy atom. The minimum Gasteiger partial charge on any atom is -0.506 e. The number of aryl methyl sites for hydroxylation is 1. The van der Waals surface area contributed by atoms with Crippen LogP contribution in [0.4, 0.5) is 5.69 Å². The minimum atomic E-state index is -0.254. The molecule has 1 saturated heterocycles. The topological polar surface area (TPSA) is 62.5 Å². The molecule has 6 nitrogen and oxygen atoms in total. The van der Waals surface area contributed by atoms with Gasteiger partial charge in [-0.1, -0.05) is 29.8 Å². The van der Waals surface area contributed by atoms with Crippen LogP contribution in [0, 0.1) is 13.8 Å². The maximum atomic E-state index is 10.7. The van der Waals surface area contributed by atoms with Crippen molar-refractivity contribution in [1.82, 2.24) is 14.9 Å². The molecule has 0 amide bonds. The van der Waals surface area contributed by atoms with E-state index in [-0.39, 0.29) is 17.8 Å². The van der Waals surface area contributed by atoms with E-state index in [1.54, 1.807) is 25.4 Å². The van der Waals surface area contributed by atoms with Crippen LogP contribution >= 0.6 is 23.8 Å². The summed E-state index contributed by atoms with van der Waals surface area (Å²) in [7, 11) is 1.65. The average Bonchev–Trinajstić information content (AvgIpc) is 3.35. The average molecular weight is 505 g/mol. The smallest absolute Gasteiger partial charge is 0.174 e. The summed E-state index contributed by atoms with van der Waals surface area (Å²) >= 11 is 12.2. The van der Waals surface area contributed by atoms with Crippen LogP contribution in [0.25, 0.3) is 5.69 Å². The zero-order chi connectivity index (χ0) is 24.7. The van der Waals surface area contributed by atoms with Crippen molar-refractivity contribution in [2.24, 2.45) is 0 Å². The fourth-order valence-corrected chi connectivity index (χ4v) is 5.40. The molecule has 0 spiro atoms. The van der Waals surface area contributed by atoms with Gasteiger partial charge in [0, 0.05) is 22.6 Å². The number of hydrogen-bond acceptors (Lipinski definition) is 4. The Hall–Kier alpha value is -3.55. The Kier molecular flexibility index (Phi) is 6.13. The molecule has 178 valence electrons. The fraction of sp³-hybridized carbons (Fsp3) is 0.185. The summed E-state index contributed by atoms with van der Waals surface area (Å²) in [5.74, 6) is 0.885. The van der Waals surface area contributed by atoms with Gasteiger partial charge >= 0.3 is 0 Å². The Bertz CT molecular complexity index is 1410. The first-order valence-corrected chi connectivity index (χ1v) is 12.0. The monoisotopic (exact) mass is 504 g/mol. The van der Waals surface area contributed by atoms with Gasteiger partial charge in [0.1, 0.15) is 11.5 Å². The zero-order valence-electron chi connectivity index (χ0n) is 19.6. The zero-order valence-corrected chi connectivity index (χ0v) is 21.1. The first kappa shape index (κ1) is 23.2. The number of halogens is 1. The number of rotatable bonds is 5. The van der Waals surface area contributed by atoms with Crippen molar-refractivity contribution < 1.29 is 9.84 Å². The normalized spacial score (nSPS) is 17.5. The van der Waals surface area contributed by atoms with E-state index in [1.165, 1.54) is 0 Å². The van der Waals surface area contributed by atoms with Crippen molar-refractivity contribution in [1.29, 1.82) is 0 Å². The van der Waals surface area contributed by atoms with Crippen molar-refractivity contribution in [3.8, 4) is 17.2 Å². The number of nitrogens with zero attached hydrogens (tertiary/aromatic N) is 3. The summed E-state index contributed by atoms with van der Waals surface area (Å²) < 4.78 is 7.79. The third-order valence-electron chi connectivity index (χ3n) is 6.41. The molecule has 3 heterocycles. The Morgan fingerprint density at radius 1 is 1.03 bits per heavy atom. The van der Waals surface area contributed by atoms with Crippen molar-refractivity contribution in [3.05, 3.63) is 101 Å². The second-order valence-electron chi connectivity index (χ2n) is 8.46. The number of phenolic OH excluding ortho intramolecular Hbond substituents is 1. The van der Waals surface area contributed by atoms with E-state index in [2.05, 4.69) is 34.8 Å².